The van der Waals surface area contributed by atoms with Crippen molar-refractivity contribution in [3.05, 3.63) is 53.9 Å². The minimum atomic E-state index is -0.595. The number of likely N-dealkylation sites (tertiary alicyclic amines) is 1. The third-order valence-corrected chi connectivity index (χ3v) is 6.69. The van der Waals surface area contributed by atoms with Gasteiger partial charge in [0.1, 0.15) is 11.4 Å². The Labute approximate surface area is 169 Å². The average Bonchev–Trinajstić information content (AvgIpc) is 3.38. The number of H-pyrrole nitrogens is 1. The summed E-state index contributed by atoms with van der Waals surface area (Å²) in [6.07, 6.45) is 3.34. The largest absolute Gasteiger partial charge is 0.497 e. The monoisotopic (exact) mass is 399 g/mol. The van der Waals surface area contributed by atoms with E-state index in [1.165, 1.54) is 0 Å². The van der Waals surface area contributed by atoms with E-state index in [9.17, 15) is 9.59 Å². The highest BCUT2D eigenvalue weighted by molar-refractivity contribution is 7.99. The molecule has 2 saturated heterocycles. The Hall–Kier alpha value is -2.41. The Balaban J connectivity index is 1.51. The number of thioether (sulfide) groups is 1. The second kappa shape index (κ2) is 7.91. The van der Waals surface area contributed by atoms with Gasteiger partial charge in [0.25, 0.3) is 5.91 Å². The Bertz CT molecular complexity index is 840. The molecule has 7 heteroatoms. The molecule has 1 aromatic carbocycles. The number of nitrogens with zero attached hydrogens (tertiary/aromatic N) is 1. The number of rotatable bonds is 6. The standard InChI is InChI=1S/C21H25N3O3S/c1-27-17-5-2-4-15(10-17)11-21(20(26)23-16-7-9-28-12-16)13-24(14-21)19(25)18-6-3-8-22-18/h2-6,8,10,16,22H,7,9,11-14H2,1H3,(H,23,26). The lowest BCUT2D eigenvalue weighted by Gasteiger charge is -2.49. The Kier molecular flexibility index (Phi) is 5.35. The number of hydrogen-bond donors (Lipinski definition) is 2. The first kappa shape index (κ1) is 18.9. The van der Waals surface area contributed by atoms with E-state index < -0.39 is 5.41 Å². The number of carbonyl (C=O) groups excluding carboxylic acids is 2. The van der Waals surface area contributed by atoms with E-state index in [1.54, 1.807) is 30.3 Å². The Morgan fingerprint density at radius 3 is 2.86 bits per heavy atom. The van der Waals surface area contributed by atoms with Gasteiger partial charge in [0.2, 0.25) is 5.91 Å². The SMILES string of the molecule is COc1cccc(CC2(C(=O)NC3CCSC3)CN(C(=O)c3ccc[nH]3)C2)c1. The summed E-state index contributed by atoms with van der Waals surface area (Å²) < 4.78 is 5.33. The molecular weight excluding hydrogens is 374 g/mol. The first-order chi connectivity index (χ1) is 13.6. The molecule has 4 rings (SSSR count). The summed E-state index contributed by atoms with van der Waals surface area (Å²) in [6.45, 7) is 0.849. The van der Waals surface area contributed by atoms with Crippen molar-refractivity contribution in [2.24, 2.45) is 5.41 Å². The van der Waals surface area contributed by atoms with Crippen LogP contribution in [-0.2, 0) is 11.2 Å². The first-order valence-electron chi connectivity index (χ1n) is 9.54. The topological polar surface area (TPSA) is 74.4 Å². The highest BCUT2D eigenvalue weighted by atomic mass is 32.2. The van der Waals surface area contributed by atoms with Crippen LogP contribution in [0.4, 0.5) is 0 Å². The zero-order valence-corrected chi connectivity index (χ0v) is 16.8. The average molecular weight is 400 g/mol. The summed E-state index contributed by atoms with van der Waals surface area (Å²) in [5.74, 6) is 2.82. The number of amides is 2. The number of carbonyl (C=O) groups is 2. The molecule has 6 nitrogen and oxygen atoms in total. The predicted molar refractivity (Wildman–Crippen MR) is 110 cm³/mol. The van der Waals surface area contributed by atoms with Gasteiger partial charge in [-0.2, -0.15) is 11.8 Å². The molecule has 2 aromatic rings. The molecule has 1 aromatic heterocycles. The van der Waals surface area contributed by atoms with Crippen molar-refractivity contribution in [3.63, 3.8) is 0 Å². The van der Waals surface area contributed by atoms with Crippen molar-refractivity contribution in [1.82, 2.24) is 15.2 Å². The van der Waals surface area contributed by atoms with E-state index in [1.807, 2.05) is 36.0 Å². The van der Waals surface area contributed by atoms with Crippen molar-refractivity contribution in [2.45, 2.75) is 18.9 Å². The van der Waals surface area contributed by atoms with E-state index in [4.69, 9.17) is 4.74 Å². The summed E-state index contributed by atoms with van der Waals surface area (Å²) in [7, 11) is 1.64. The molecule has 0 bridgehead atoms. The molecule has 1 atom stereocenters. The fourth-order valence-electron chi connectivity index (χ4n) is 3.96. The molecule has 0 saturated carbocycles. The van der Waals surface area contributed by atoms with Crippen LogP contribution < -0.4 is 10.1 Å². The zero-order valence-electron chi connectivity index (χ0n) is 15.9. The minimum absolute atomic E-state index is 0.0540. The Morgan fingerprint density at radius 2 is 2.18 bits per heavy atom. The molecule has 3 heterocycles. The molecule has 148 valence electrons. The van der Waals surface area contributed by atoms with E-state index in [2.05, 4.69) is 10.3 Å². The maximum Gasteiger partial charge on any atom is 0.270 e. The van der Waals surface area contributed by atoms with Gasteiger partial charge in [-0.15, -0.1) is 0 Å². The summed E-state index contributed by atoms with van der Waals surface area (Å²) >= 11 is 1.87. The molecule has 0 aliphatic carbocycles. The summed E-state index contributed by atoms with van der Waals surface area (Å²) in [4.78, 5) is 30.6. The third-order valence-electron chi connectivity index (χ3n) is 5.53. The van der Waals surface area contributed by atoms with E-state index >= 15 is 0 Å². The van der Waals surface area contributed by atoms with Crippen LogP contribution in [0.25, 0.3) is 0 Å². The van der Waals surface area contributed by atoms with E-state index in [-0.39, 0.29) is 17.9 Å². The second-order valence-electron chi connectivity index (χ2n) is 7.59. The van der Waals surface area contributed by atoms with Crippen LogP contribution in [0.15, 0.2) is 42.6 Å². The van der Waals surface area contributed by atoms with Crippen LogP contribution >= 0.6 is 11.8 Å². The van der Waals surface area contributed by atoms with Crippen molar-refractivity contribution in [1.29, 1.82) is 0 Å². The lowest BCUT2D eigenvalue weighted by atomic mass is 9.73. The molecule has 2 N–H and O–H groups in total. The summed E-state index contributed by atoms with van der Waals surface area (Å²) in [6, 6.07) is 11.6. The molecular formula is C21H25N3O3S. The van der Waals surface area contributed by atoms with Crippen LogP contribution in [0.1, 0.15) is 22.5 Å². The lowest BCUT2D eigenvalue weighted by Crippen LogP contribution is -2.66. The summed E-state index contributed by atoms with van der Waals surface area (Å²) in [5, 5.41) is 3.23. The number of ether oxygens (including phenoxy) is 1. The molecule has 2 aliphatic rings. The van der Waals surface area contributed by atoms with Crippen molar-refractivity contribution in [2.75, 3.05) is 31.7 Å². The number of aromatic nitrogens is 1. The van der Waals surface area contributed by atoms with Gasteiger partial charge >= 0.3 is 0 Å². The molecule has 2 aliphatic heterocycles. The van der Waals surface area contributed by atoms with Gasteiger partial charge in [-0.05, 0) is 48.4 Å². The lowest BCUT2D eigenvalue weighted by molar-refractivity contribution is -0.140. The van der Waals surface area contributed by atoms with Gasteiger partial charge in [0.05, 0.1) is 12.5 Å². The fraction of sp³-hybridized carbons (Fsp3) is 0.429. The molecule has 2 amide bonds. The highest BCUT2D eigenvalue weighted by Gasteiger charge is 2.51. The molecule has 2 fully saturated rings. The van der Waals surface area contributed by atoms with Gasteiger partial charge in [0.15, 0.2) is 0 Å². The number of aromatic amines is 1. The molecule has 28 heavy (non-hydrogen) atoms. The quantitative estimate of drug-likeness (QED) is 0.782. The van der Waals surface area contributed by atoms with Crippen LogP contribution in [0.2, 0.25) is 0 Å². The van der Waals surface area contributed by atoms with Crippen molar-refractivity contribution < 1.29 is 14.3 Å². The molecule has 0 spiro atoms. The smallest absolute Gasteiger partial charge is 0.270 e. The normalized spacial score (nSPS) is 20.5. The second-order valence-corrected chi connectivity index (χ2v) is 8.74. The molecule has 1 unspecified atom stereocenters. The van der Waals surface area contributed by atoms with Gasteiger partial charge in [-0.3, -0.25) is 9.59 Å². The van der Waals surface area contributed by atoms with Crippen molar-refractivity contribution in [3.8, 4) is 5.75 Å². The van der Waals surface area contributed by atoms with Gasteiger partial charge in [-0.1, -0.05) is 12.1 Å². The van der Waals surface area contributed by atoms with Crippen LogP contribution in [0.3, 0.4) is 0 Å². The number of benzene rings is 1. The fourth-order valence-corrected chi connectivity index (χ4v) is 5.11. The van der Waals surface area contributed by atoms with Gasteiger partial charge < -0.3 is 19.9 Å². The number of nitrogens with one attached hydrogen (secondary N) is 2. The summed E-state index contributed by atoms with van der Waals surface area (Å²) in [5.41, 5.74) is 1.01. The van der Waals surface area contributed by atoms with E-state index in [0.717, 1.165) is 29.2 Å². The van der Waals surface area contributed by atoms with Gasteiger partial charge in [-0.25, -0.2) is 0 Å². The van der Waals surface area contributed by atoms with Crippen molar-refractivity contribution >= 4 is 23.6 Å². The Morgan fingerprint density at radius 1 is 1.32 bits per heavy atom. The third kappa shape index (κ3) is 3.76. The van der Waals surface area contributed by atoms with Crippen LogP contribution in [0, 0.1) is 5.41 Å². The first-order valence-corrected chi connectivity index (χ1v) is 10.7. The van der Waals surface area contributed by atoms with Crippen LogP contribution in [0.5, 0.6) is 5.75 Å². The van der Waals surface area contributed by atoms with E-state index in [0.29, 0.717) is 25.2 Å². The highest BCUT2D eigenvalue weighted by Crippen LogP contribution is 2.36. The number of hydrogen-bond acceptors (Lipinski definition) is 4. The number of methoxy groups -OCH3 is 1. The van der Waals surface area contributed by atoms with Gasteiger partial charge in [0, 0.05) is 31.1 Å². The maximum absolute atomic E-state index is 13.2. The minimum Gasteiger partial charge on any atom is -0.497 e. The zero-order chi connectivity index (χ0) is 19.6. The molecule has 0 radical (unpaired) electrons. The maximum atomic E-state index is 13.2. The van der Waals surface area contributed by atoms with Crippen LogP contribution in [-0.4, -0.2) is 59.4 Å². The predicted octanol–water partition coefficient (Wildman–Crippen LogP) is 2.33.